The molecule has 0 aromatic heterocycles. The van der Waals surface area contributed by atoms with Gasteiger partial charge < -0.3 is 14.2 Å². The van der Waals surface area contributed by atoms with Gasteiger partial charge in [-0.15, -0.1) is 0 Å². The number of rotatable bonds is 7. The first-order valence-corrected chi connectivity index (χ1v) is 15.3. The number of hydrogen-bond acceptors (Lipinski definition) is 5. The van der Waals surface area contributed by atoms with Gasteiger partial charge in [-0.2, -0.15) is 13.2 Å². The first kappa shape index (κ1) is 34.8. The van der Waals surface area contributed by atoms with Crippen LogP contribution < -0.4 is 4.74 Å². The van der Waals surface area contributed by atoms with Crippen molar-refractivity contribution in [3.05, 3.63) is 93.3 Å². The van der Waals surface area contributed by atoms with Crippen molar-refractivity contribution in [3.63, 3.8) is 0 Å². The van der Waals surface area contributed by atoms with Crippen LogP contribution in [0, 0.1) is 29.8 Å². The van der Waals surface area contributed by atoms with Crippen LogP contribution >= 0.6 is 0 Å². The normalized spacial score (nSPS) is 19.4. The molecule has 1 saturated heterocycles. The summed E-state index contributed by atoms with van der Waals surface area (Å²) < 4.78 is 102. The molecule has 1 amide bonds. The molecule has 2 atom stereocenters. The summed E-state index contributed by atoms with van der Waals surface area (Å²) in [6.07, 6.45) is -4.58. The standard InChI is InChI=1S/C36H35F6NO5/c1-18-11-20(13-22(12-18)36(40,41)42)32-19(2)43(34(45)48-32)17-21-16-35(3,4)10-9-23(21)27-14-26(28(37)15-29(27)46-5)24-7-8-25(33(44)47-6)31(39)30(24)38/h7-8,11-15,19,32H,9-10,16-17H2,1-6H3/t19-,32-/m0/s1. The summed E-state index contributed by atoms with van der Waals surface area (Å²) >= 11 is 0. The highest BCUT2D eigenvalue weighted by Gasteiger charge is 2.42. The maximum Gasteiger partial charge on any atom is 0.416 e. The fourth-order valence-electron chi connectivity index (χ4n) is 6.59. The molecular formula is C36H35F6NO5. The lowest BCUT2D eigenvalue weighted by atomic mass is 9.72. The van der Waals surface area contributed by atoms with E-state index in [4.69, 9.17) is 9.47 Å². The van der Waals surface area contributed by atoms with Crippen molar-refractivity contribution in [1.82, 2.24) is 4.90 Å². The van der Waals surface area contributed by atoms with E-state index in [0.717, 1.165) is 43.0 Å². The lowest BCUT2D eigenvalue weighted by molar-refractivity contribution is -0.137. The fourth-order valence-corrected chi connectivity index (χ4v) is 6.59. The van der Waals surface area contributed by atoms with E-state index < -0.39 is 64.5 Å². The number of allylic oxidation sites excluding steroid dienone is 1. The molecule has 2 aliphatic rings. The second-order valence-electron chi connectivity index (χ2n) is 13.0. The van der Waals surface area contributed by atoms with Crippen LogP contribution in [0.4, 0.5) is 31.1 Å². The molecule has 0 N–H and O–H groups in total. The maximum atomic E-state index is 15.5. The minimum Gasteiger partial charge on any atom is -0.496 e. The first-order valence-electron chi connectivity index (χ1n) is 15.3. The van der Waals surface area contributed by atoms with Crippen LogP contribution in [0.2, 0.25) is 0 Å². The minimum atomic E-state index is -4.58. The highest BCUT2D eigenvalue weighted by Crippen LogP contribution is 2.47. The van der Waals surface area contributed by atoms with Crippen molar-refractivity contribution in [2.45, 2.75) is 65.3 Å². The average molecular weight is 676 g/mol. The summed E-state index contributed by atoms with van der Waals surface area (Å²) in [6, 6.07) is 7.47. The van der Waals surface area contributed by atoms with Gasteiger partial charge in [0.1, 0.15) is 17.7 Å². The van der Waals surface area contributed by atoms with E-state index in [1.165, 1.54) is 25.0 Å². The second-order valence-corrected chi connectivity index (χ2v) is 13.0. The van der Waals surface area contributed by atoms with Crippen molar-refractivity contribution in [1.29, 1.82) is 0 Å². The molecule has 0 saturated carbocycles. The molecule has 0 radical (unpaired) electrons. The number of aryl methyl sites for hydroxylation is 1. The summed E-state index contributed by atoms with van der Waals surface area (Å²) in [6.45, 7) is 7.40. The van der Waals surface area contributed by atoms with E-state index in [1.54, 1.807) is 13.0 Å². The lowest BCUT2D eigenvalue weighted by Crippen LogP contribution is -2.35. The van der Waals surface area contributed by atoms with Crippen LogP contribution in [0.1, 0.15) is 78.7 Å². The third-order valence-electron chi connectivity index (χ3n) is 9.07. The largest absolute Gasteiger partial charge is 0.496 e. The number of carbonyl (C=O) groups excluding carboxylic acids is 2. The molecule has 0 spiro atoms. The molecule has 0 bridgehead atoms. The number of benzene rings is 3. The van der Waals surface area contributed by atoms with Crippen molar-refractivity contribution in [2.24, 2.45) is 5.41 Å². The number of amides is 1. The topological polar surface area (TPSA) is 65.1 Å². The van der Waals surface area contributed by atoms with Gasteiger partial charge in [-0.25, -0.2) is 22.8 Å². The van der Waals surface area contributed by atoms with Crippen LogP contribution in [-0.4, -0.2) is 43.8 Å². The zero-order valence-corrected chi connectivity index (χ0v) is 27.3. The molecule has 48 heavy (non-hydrogen) atoms. The van der Waals surface area contributed by atoms with Gasteiger partial charge in [0, 0.05) is 29.3 Å². The molecule has 1 fully saturated rings. The van der Waals surface area contributed by atoms with Gasteiger partial charge in [0.05, 0.1) is 31.4 Å². The Labute approximate surface area is 274 Å². The summed E-state index contributed by atoms with van der Waals surface area (Å²) in [4.78, 5) is 26.6. The number of hydrogen-bond donors (Lipinski definition) is 0. The molecule has 0 unspecified atom stereocenters. The Balaban J connectivity index is 1.58. The fraction of sp³-hybridized carbons (Fsp3) is 0.389. The Morgan fingerprint density at radius 3 is 2.35 bits per heavy atom. The predicted molar refractivity (Wildman–Crippen MR) is 166 cm³/mol. The zero-order valence-electron chi connectivity index (χ0n) is 27.3. The molecule has 12 heteroatoms. The summed E-state index contributed by atoms with van der Waals surface area (Å²) in [5.74, 6) is -4.77. The van der Waals surface area contributed by atoms with Gasteiger partial charge >= 0.3 is 18.2 Å². The third-order valence-corrected chi connectivity index (χ3v) is 9.07. The van der Waals surface area contributed by atoms with Gasteiger partial charge in [-0.1, -0.05) is 31.5 Å². The molecular weight excluding hydrogens is 640 g/mol. The predicted octanol–water partition coefficient (Wildman–Crippen LogP) is 9.44. The van der Waals surface area contributed by atoms with Gasteiger partial charge in [0.2, 0.25) is 0 Å². The summed E-state index contributed by atoms with van der Waals surface area (Å²) in [5.41, 5.74) is 0.0977. The number of halogens is 6. The van der Waals surface area contributed by atoms with Crippen LogP contribution in [0.3, 0.4) is 0 Å². The zero-order chi connectivity index (χ0) is 35.3. The van der Waals surface area contributed by atoms with E-state index in [2.05, 4.69) is 18.6 Å². The molecule has 1 aliphatic heterocycles. The highest BCUT2D eigenvalue weighted by molar-refractivity contribution is 5.90. The molecule has 5 rings (SSSR count). The van der Waals surface area contributed by atoms with Crippen molar-refractivity contribution in [3.8, 4) is 16.9 Å². The monoisotopic (exact) mass is 675 g/mol. The molecule has 3 aromatic rings. The maximum absolute atomic E-state index is 15.5. The smallest absolute Gasteiger partial charge is 0.416 e. The van der Waals surface area contributed by atoms with Gasteiger partial charge in [-0.3, -0.25) is 4.90 Å². The molecule has 3 aromatic carbocycles. The Bertz CT molecular complexity index is 1820. The molecule has 1 aliphatic carbocycles. The minimum absolute atomic E-state index is 0.0554. The van der Waals surface area contributed by atoms with Crippen LogP contribution in [0.5, 0.6) is 5.75 Å². The van der Waals surface area contributed by atoms with Crippen LogP contribution in [0.15, 0.2) is 48.0 Å². The Morgan fingerprint density at radius 2 is 1.71 bits per heavy atom. The Morgan fingerprint density at radius 1 is 1.00 bits per heavy atom. The first-order chi connectivity index (χ1) is 22.4. The Hall–Kier alpha value is -4.48. The number of carbonyl (C=O) groups is 2. The lowest BCUT2D eigenvalue weighted by Gasteiger charge is -2.36. The van der Waals surface area contributed by atoms with Crippen LogP contribution in [0.25, 0.3) is 16.7 Å². The number of ether oxygens (including phenoxy) is 3. The van der Waals surface area contributed by atoms with Crippen LogP contribution in [-0.2, 0) is 15.7 Å². The summed E-state index contributed by atoms with van der Waals surface area (Å²) in [7, 11) is 2.37. The van der Waals surface area contributed by atoms with E-state index in [-0.39, 0.29) is 28.8 Å². The third kappa shape index (κ3) is 6.61. The molecule has 1 heterocycles. The van der Waals surface area contributed by atoms with E-state index >= 15 is 8.78 Å². The van der Waals surface area contributed by atoms with Crippen molar-refractivity contribution in [2.75, 3.05) is 20.8 Å². The average Bonchev–Trinajstić information content (AvgIpc) is 3.29. The highest BCUT2D eigenvalue weighted by atomic mass is 19.4. The number of nitrogens with zero attached hydrogens (tertiary/aromatic N) is 1. The molecule has 6 nitrogen and oxygen atoms in total. The van der Waals surface area contributed by atoms with E-state index in [0.29, 0.717) is 36.0 Å². The molecule has 256 valence electrons. The van der Waals surface area contributed by atoms with Crippen molar-refractivity contribution >= 4 is 17.6 Å². The van der Waals surface area contributed by atoms with E-state index in [1.807, 2.05) is 0 Å². The number of methoxy groups -OCH3 is 2. The van der Waals surface area contributed by atoms with E-state index in [9.17, 15) is 27.2 Å². The number of alkyl halides is 3. The van der Waals surface area contributed by atoms with Gasteiger partial charge in [0.25, 0.3) is 0 Å². The quantitative estimate of drug-likeness (QED) is 0.185. The van der Waals surface area contributed by atoms with Crippen molar-refractivity contribution < 1.29 is 50.1 Å². The summed E-state index contributed by atoms with van der Waals surface area (Å²) in [5, 5.41) is 0. The SMILES string of the molecule is COC(=O)c1ccc(-c2cc(C3=C(CN4C(=O)O[C@H](c5cc(C)cc(C(F)(F)F)c5)[C@@H]4C)CC(C)(C)CC3)c(OC)cc2F)c(F)c1F. The Kier molecular flexibility index (Phi) is 9.33. The van der Waals surface area contributed by atoms with Gasteiger partial charge in [-0.05, 0) is 79.5 Å². The van der Waals surface area contributed by atoms with Gasteiger partial charge in [0.15, 0.2) is 11.6 Å². The second kappa shape index (κ2) is 12.9. The number of cyclic esters (lactones) is 1. The number of esters is 1.